The van der Waals surface area contributed by atoms with E-state index in [0.717, 1.165) is 35.7 Å². The van der Waals surface area contributed by atoms with E-state index in [9.17, 15) is 9.59 Å². The predicted molar refractivity (Wildman–Crippen MR) is 116 cm³/mol. The number of carbonyl (C=O) groups is 2. The highest BCUT2D eigenvalue weighted by molar-refractivity contribution is 6.22. The first-order valence-electron chi connectivity index (χ1n) is 10.2. The normalized spacial score (nSPS) is 13.4. The van der Waals surface area contributed by atoms with E-state index in [2.05, 4.69) is 9.88 Å². The first kappa shape index (κ1) is 20.0. The number of imide groups is 1. The van der Waals surface area contributed by atoms with Gasteiger partial charge >= 0.3 is 0 Å². The van der Waals surface area contributed by atoms with Crippen molar-refractivity contribution in [1.29, 1.82) is 0 Å². The van der Waals surface area contributed by atoms with Gasteiger partial charge in [0.1, 0.15) is 0 Å². The monoisotopic (exact) mass is 402 g/mol. The second-order valence-corrected chi connectivity index (χ2v) is 7.73. The highest BCUT2D eigenvalue weighted by Crippen LogP contribution is 2.33. The summed E-state index contributed by atoms with van der Waals surface area (Å²) in [7, 11) is 2.00. The van der Waals surface area contributed by atoms with E-state index >= 15 is 0 Å². The Balaban J connectivity index is 1.46. The Kier molecular flexibility index (Phi) is 5.50. The Morgan fingerprint density at radius 2 is 1.50 bits per heavy atom. The molecule has 6 heteroatoms. The van der Waals surface area contributed by atoms with Crippen LogP contribution in [0, 0.1) is 13.8 Å². The number of aromatic nitrogens is 2. The van der Waals surface area contributed by atoms with Crippen LogP contribution in [0.2, 0.25) is 0 Å². The van der Waals surface area contributed by atoms with Crippen molar-refractivity contribution in [3.63, 3.8) is 0 Å². The van der Waals surface area contributed by atoms with Gasteiger partial charge in [0.25, 0.3) is 11.8 Å². The Labute approximate surface area is 176 Å². The Bertz CT molecular complexity index is 1030. The number of hydrogen-bond donors (Lipinski definition) is 0. The van der Waals surface area contributed by atoms with Gasteiger partial charge in [0.2, 0.25) is 0 Å². The lowest BCUT2D eigenvalue weighted by atomic mass is 10.1. The zero-order chi connectivity index (χ0) is 21.3. The van der Waals surface area contributed by atoms with Crippen LogP contribution < -0.4 is 0 Å². The largest absolute Gasteiger partial charge is 0.317 e. The van der Waals surface area contributed by atoms with E-state index < -0.39 is 0 Å². The van der Waals surface area contributed by atoms with Gasteiger partial charge in [-0.3, -0.25) is 19.5 Å². The van der Waals surface area contributed by atoms with Crippen LogP contribution in [-0.4, -0.2) is 57.8 Å². The molecule has 3 heterocycles. The van der Waals surface area contributed by atoms with Crippen molar-refractivity contribution in [2.75, 3.05) is 26.7 Å². The minimum absolute atomic E-state index is 0.191. The van der Waals surface area contributed by atoms with Crippen LogP contribution in [0.15, 0.2) is 54.7 Å². The molecule has 2 aromatic heterocycles. The minimum Gasteiger partial charge on any atom is -0.317 e. The fraction of sp³-hybridized carbons (Fsp3) is 0.292. The maximum absolute atomic E-state index is 13.1. The van der Waals surface area contributed by atoms with Crippen molar-refractivity contribution in [3.8, 4) is 5.69 Å². The molecule has 0 atom stereocenters. The van der Waals surface area contributed by atoms with Crippen LogP contribution in [-0.2, 0) is 6.42 Å². The minimum atomic E-state index is -0.191. The summed E-state index contributed by atoms with van der Waals surface area (Å²) >= 11 is 0. The highest BCUT2D eigenvalue weighted by atomic mass is 16.2. The molecule has 3 aromatic rings. The van der Waals surface area contributed by atoms with Gasteiger partial charge in [0.05, 0.1) is 11.1 Å². The molecule has 0 radical (unpaired) electrons. The van der Waals surface area contributed by atoms with Gasteiger partial charge < -0.3 is 9.47 Å². The van der Waals surface area contributed by atoms with E-state index in [1.165, 1.54) is 4.90 Å². The zero-order valence-corrected chi connectivity index (χ0v) is 17.6. The van der Waals surface area contributed by atoms with E-state index in [1.54, 1.807) is 6.20 Å². The number of benzene rings is 1. The molecule has 2 amide bonds. The fourth-order valence-corrected chi connectivity index (χ4v) is 4.12. The first-order valence-corrected chi connectivity index (χ1v) is 10.2. The van der Waals surface area contributed by atoms with Gasteiger partial charge in [-0.2, -0.15) is 0 Å². The van der Waals surface area contributed by atoms with Crippen LogP contribution >= 0.6 is 0 Å². The van der Waals surface area contributed by atoms with Crippen molar-refractivity contribution in [3.05, 3.63) is 82.9 Å². The summed E-state index contributed by atoms with van der Waals surface area (Å²) in [5.74, 6) is -0.383. The molecule has 1 aliphatic rings. The molecule has 154 valence electrons. The molecule has 1 aliphatic heterocycles. The standard InChI is InChI=1S/C24H26N4O2/c1-17-21-22(18(2)28(17)20-10-5-4-6-11-20)24(30)27(23(21)29)16-15-26(3)14-12-19-9-7-8-13-25-19/h4-11,13H,12,14-16H2,1-3H3. The van der Waals surface area contributed by atoms with Crippen molar-refractivity contribution in [2.24, 2.45) is 0 Å². The molecular formula is C24H26N4O2. The van der Waals surface area contributed by atoms with Crippen molar-refractivity contribution < 1.29 is 9.59 Å². The Morgan fingerprint density at radius 3 is 2.10 bits per heavy atom. The topological polar surface area (TPSA) is 58.4 Å². The number of likely N-dealkylation sites (N-methyl/N-ethyl adjacent to an activating group) is 1. The van der Waals surface area contributed by atoms with Gasteiger partial charge in [-0.1, -0.05) is 24.3 Å². The van der Waals surface area contributed by atoms with E-state index in [-0.39, 0.29) is 11.8 Å². The molecule has 0 spiro atoms. The van der Waals surface area contributed by atoms with Crippen LogP contribution in [0.3, 0.4) is 0 Å². The number of pyridine rings is 1. The molecule has 1 aromatic carbocycles. The summed E-state index contributed by atoms with van der Waals surface area (Å²) in [6.45, 7) is 5.65. The molecule has 0 fully saturated rings. The number of carbonyl (C=O) groups excluding carboxylic acids is 2. The van der Waals surface area contributed by atoms with Crippen LogP contribution in [0.1, 0.15) is 37.8 Å². The van der Waals surface area contributed by atoms with E-state index in [0.29, 0.717) is 24.2 Å². The van der Waals surface area contributed by atoms with Gasteiger partial charge in [-0.25, -0.2) is 0 Å². The molecular weight excluding hydrogens is 376 g/mol. The lowest BCUT2D eigenvalue weighted by Gasteiger charge is -2.21. The quantitative estimate of drug-likeness (QED) is 0.569. The lowest BCUT2D eigenvalue weighted by Crippen LogP contribution is -2.38. The third-order valence-corrected chi connectivity index (χ3v) is 5.76. The van der Waals surface area contributed by atoms with Crippen molar-refractivity contribution >= 4 is 11.8 Å². The summed E-state index contributed by atoms with van der Waals surface area (Å²) in [6, 6.07) is 15.7. The van der Waals surface area contributed by atoms with E-state index in [4.69, 9.17) is 0 Å². The fourth-order valence-electron chi connectivity index (χ4n) is 4.12. The average molecular weight is 402 g/mol. The molecule has 6 nitrogen and oxygen atoms in total. The third-order valence-electron chi connectivity index (χ3n) is 5.76. The number of rotatable bonds is 7. The van der Waals surface area contributed by atoms with Crippen LogP contribution in [0.5, 0.6) is 0 Å². The summed E-state index contributed by atoms with van der Waals surface area (Å²) in [4.78, 5) is 34.0. The van der Waals surface area contributed by atoms with E-state index in [1.807, 2.05) is 74.0 Å². The molecule has 0 N–H and O–H groups in total. The Morgan fingerprint density at radius 1 is 0.867 bits per heavy atom. The third kappa shape index (κ3) is 3.55. The van der Waals surface area contributed by atoms with Gasteiger partial charge in [-0.05, 0) is 45.2 Å². The maximum Gasteiger partial charge on any atom is 0.263 e. The number of nitrogens with zero attached hydrogens (tertiary/aromatic N) is 4. The molecule has 4 rings (SSSR count). The summed E-state index contributed by atoms with van der Waals surface area (Å²) in [6.07, 6.45) is 2.63. The number of fused-ring (bicyclic) bond motifs is 1. The second kappa shape index (κ2) is 8.24. The molecule has 0 unspecified atom stereocenters. The Hall–Kier alpha value is -3.25. The molecule has 0 bridgehead atoms. The van der Waals surface area contributed by atoms with Crippen LogP contribution in [0.25, 0.3) is 5.69 Å². The summed E-state index contributed by atoms with van der Waals surface area (Å²) in [5.41, 5.74) is 4.71. The zero-order valence-electron chi connectivity index (χ0n) is 17.6. The summed E-state index contributed by atoms with van der Waals surface area (Å²) < 4.78 is 2.00. The first-order chi connectivity index (χ1) is 14.5. The van der Waals surface area contributed by atoms with Crippen molar-refractivity contribution in [1.82, 2.24) is 19.4 Å². The average Bonchev–Trinajstić information content (AvgIpc) is 3.17. The molecule has 30 heavy (non-hydrogen) atoms. The van der Waals surface area contributed by atoms with Crippen LogP contribution in [0.4, 0.5) is 0 Å². The number of hydrogen-bond acceptors (Lipinski definition) is 4. The lowest BCUT2D eigenvalue weighted by molar-refractivity contribution is 0.0639. The number of amides is 2. The second-order valence-electron chi connectivity index (χ2n) is 7.73. The van der Waals surface area contributed by atoms with Gasteiger partial charge in [-0.15, -0.1) is 0 Å². The van der Waals surface area contributed by atoms with Gasteiger partial charge in [0.15, 0.2) is 0 Å². The molecule has 0 aliphatic carbocycles. The predicted octanol–water partition coefficient (Wildman–Crippen LogP) is 3.26. The smallest absolute Gasteiger partial charge is 0.263 e. The molecule has 0 saturated heterocycles. The number of para-hydroxylation sites is 1. The molecule has 0 saturated carbocycles. The maximum atomic E-state index is 13.1. The van der Waals surface area contributed by atoms with Crippen molar-refractivity contribution in [2.45, 2.75) is 20.3 Å². The SMILES string of the molecule is Cc1c2c(c(C)n1-c1ccccc1)C(=O)N(CCN(C)CCc1ccccn1)C2=O. The summed E-state index contributed by atoms with van der Waals surface area (Å²) in [5, 5.41) is 0. The van der Waals surface area contributed by atoms with Gasteiger partial charge in [0, 0.05) is 55.0 Å². The highest BCUT2D eigenvalue weighted by Gasteiger charge is 2.41.